The van der Waals surface area contributed by atoms with Crippen molar-refractivity contribution in [2.24, 2.45) is 5.92 Å². The van der Waals surface area contributed by atoms with E-state index in [-0.39, 0.29) is 23.3 Å². The smallest absolute Gasteiger partial charge is 0.303 e. The zero-order valence-electron chi connectivity index (χ0n) is 11.9. The number of hydrogen-bond donors (Lipinski definition) is 2. The molecule has 8 heteroatoms. The van der Waals surface area contributed by atoms with Gasteiger partial charge in [-0.1, -0.05) is 0 Å². The largest absolute Gasteiger partial charge is 0.481 e. The molecule has 3 rings (SSSR count). The van der Waals surface area contributed by atoms with Crippen LogP contribution in [0.2, 0.25) is 0 Å². The number of fused-ring (bicyclic) bond motifs is 1. The highest BCUT2D eigenvalue weighted by Gasteiger charge is 2.33. The number of nitrogens with zero attached hydrogens (tertiary/aromatic N) is 1. The van der Waals surface area contributed by atoms with Crippen LogP contribution >= 0.6 is 11.3 Å². The van der Waals surface area contributed by atoms with Gasteiger partial charge in [0.1, 0.15) is 0 Å². The van der Waals surface area contributed by atoms with Crippen LogP contribution in [0, 0.1) is 12.8 Å². The average Bonchev–Trinajstić information content (AvgIpc) is 2.74. The zero-order chi connectivity index (χ0) is 15.9. The minimum Gasteiger partial charge on any atom is -0.481 e. The van der Waals surface area contributed by atoms with Gasteiger partial charge in [0.25, 0.3) is 0 Å². The van der Waals surface area contributed by atoms with Gasteiger partial charge in [-0.25, -0.2) is 18.1 Å². The number of nitrogens with one attached hydrogen (secondary N) is 1. The lowest BCUT2D eigenvalue weighted by Gasteiger charge is -2.34. The fourth-order valence-electron chi connectivity index (χ4n) is 2.72. The number of thiazole rings is 1. The van der Waals surface area contributed by atoms with E-state index in [1.165, 1.54) is 11.3 Å². The molecule has 0 radical (unpaired) electrons. The molecule has 0 saturated heterocycles. The summed E-state index contributed by atoms with van der Waals surface area (Å²) in [5, 5.41) is 9.60. The van der Waals surface area contributed by atoms with Gasteiger partial charge in [0.15, 0.2) is 0 Å². The highest BCUT2D eigenvalue weighted by Crippen LogP contribution is 2.32. The Morgan fingerprint density at radius 2 is 2.18 bits per heavy atom. The number of sulfonamides is 1. The Kier molecular flexibility index (Phi) is 3.92. The molecular formula is C14H16N2O4S2. The van der Waals surface area contributed by atoms with Crippen molar-refractivity contribution in [2.45, 2.75) is 37.1 Å². The van der Waals surface area contributed by atoms with E-state index >= 15 is 0 Å². The molecule has 1 fully saturated rings. The van der Waals surface area contributed by atoms with Crippen LogP contribution < -0.4 is 4.72 Å². The summed E-state index contributed by atoms with van der Waals surface area (Å²) in [6, 6.07) is 4.72. The Bertz CT molecular complexity index is 822. The molecule has 1 aromatic heterocycles. The van der Waals surface area contributed by atoms with Gasteiger partial charge in [-0.3, -0.25) is 4.79 Å². The maximum atomic E-state index is 12.4. The van der Waals surface area contributed by atoms with Gasteiger partial charge in [-0.05, 0) is 43.9 Å². The third kappa shape index (κ3) is 3.13. The lowest BCUT2D eigenvalue weighted by molar-refractivity contribution is -0.138. The number of aromatic nitrogens is 1. The molecule has 1 aromatic carbocycles. The summed E-state index contributed by atoms with van der Waals surface area (Å²) in [4.78, 5) is 15.1. The van der Waals surface area contributed by atoms with Crippen LogP contribution in [0.15, 0.2) is 23.1 Å². The van der Waals surface area contributed by atoms with Gasteiger partial charge in [0.2, 0.25) is 10.0 Å². The summed E-state index contributed by atoms with van der Waals surface area (Å²) in [7, 11) is -3.57. The topological polar surface area (TPSA) is 96.4 Å². The Labute approximate surface area is 132 Å². The van der Waals surface area contributed by atoms with Crippen molar-refractivity contribution < 1.29 is 18.3 Å². The lowest BCUT2D eigenvalue weighted by Crippen LogP contribution is -2.44. The summed E-state index contributed by atoms with van der Waals surface area (Å²) in [6.07, 6.45) is 1.26. The molecule has 2 N–H and O–H groups in total. The summed E-state index contributed by atoms with van der Waals surface area (Å²) in [6.45, 7) is 1.88. The Hall–Kier alpha value is -1.51. The molecule has 0 bridgehead atoms. The molecule has 0 aliphatic heterocycles. The van der Waals surface area contributed by atoms with Crippen molar-refractivity contribution in [3.05, 3.63) is 23.2 Å². The van der Waals surface area contributed by atoms with E-state index in [0.29, 0.717) is 12.8 Å². The second-order valence-corrected chi connectivity index (χ2v) is 8.56. The fourth-order valence-corrected chi connectivity index (χ4v) is 4.95. The molecule has 1 heterocycles. The molecule has 6 nitrogen and oxygen atoms in total. The first-order valence-electron chi connectivity index (χ1n) is 6.95. The number of aliphatic carboxylic acids is 1. The van der Waals surface area contributed by atoms with Crippen LogP contribution in [0.1, 0.15) is 24.3 Å². The van der Waals surface area contributed by atoms with Crippen LogP contribution in [0.5, 0.6) is 0 Å². The normalized spacial score (nSPS) is 21.7. The third-order valence-electron chi connectivity index (χ3n) is 3.80. The monoisotopic (exact) mass is 340 g/mol. The van der Waals surface area contributed by atoms with Gasteiger partial charge in [-0.15, -0.1) is 11.3 Å². The summed E-state index contributed by atoms with van der Waals surface area (Å²) in [5.74, 6) is -0.769. The molecule has 0 amide bonds. The maximum absolute atomic E-state index is 12.4. The van der Waals surface area contributed by atoms with Crippen LogP contribution in [-0.2, 0) is 14.8 Å². The van der Waals surface area contributed by atoms with Crippen LogP contribution in [0.4, 0.5) is 0 Å². The molecule has 0 atom stereocenters. The van der Waals surface area contributed by atoms with Crippen molar-refractivity contribution in [2.75, 3.05) is 0 Å². The summed E-state index contributed by atoms with van der Waals surface area (Å²) < 4.78 is 28.2. The lowest BCUT2D eigenvalue weighted by atomic mass is 9.79. The number of carboxylic acids is 1. The van der Waals surface area contributed by atoms with E-state index in [4.69, 9.17) is 5.11 Å². The second-order valence-electron chi connectivity index (χ2n) is 5.62. The van der Waals surface area contributed by atoms with Crippen LogP contribution in [-0.4, -0.2) is 30.5 Å². The summed E-state index contributed by atoms with van der Waals surface area (Å²) in [5.41, 5.74) is 0.798. The van der Waals surface area contributed by atoms with E-state index < -0.39 is 16.0 Å². The van der Waals surface area contributed by atoms with Crippen molar-refractivity contribution in [3.63, 3.8) is 0 Å². The van der Waals surface area contributed by atoms with Crippen molar-refractivity contribution in [1.82, 2.24) is 9.71 Å². The van der Waals surface area contributed by atoms with Gasteiger partial charge < -0.3 is 5.11 Å². The molecule has 0 unspecified atom stereocenters. The first kappa shape index (κ1) is 15.4. The first-order chi connectivity index (χ1) is 10.3. The SMILES string of the molecule is Cc1nc2ccc(S(=O)(=O)NC3CC(CC(=O)O)C3)cc2s1. The molecule has 1 aliphatic rings. The molecule has 1 aliphatic carbocycles. The van der Waals surface area contributed by atoms with E-state index in [9.17, 15) is 13.2 Å². The van der Waals surface area contributed by atoms with E-state index in [1.54, 1.807) is 18.2 Å². The minimum atomic E-state index is -3.57. The minimum absolute atomic E-state index is 0.0665. The predicted molar refractivity (Wildman–Crippen MR) is 83.4 cm³/mol. The molecular weight excluding hydrogens is 324 g/mol. The molecule has 22 heavy (non-hydrogen) atoms. The highest BCUT2D eigenvalue weighted by atomic mass is 32.2. The van der Waals surface area contributed by atoms with Gasteiger partial charge in [-0.2, -0.15) is 0 Å². The Morgan fingerprint density at radius 1 is 1.45 bits per heavy atom. The van der Waals surface area contributed by atoms with Gasteiger partial charge in [0, 0.05) is 12.5 Å². The molecule has 1 saturated carbocycles. The second kappa shape index (κ2) is 5.60. The average molecular weight is 340 g/mol. The Morgan fingerprint density at radius 3 is 2.86 bits per heavy atom. The Balaban J connectivity index is 1.71. The fraction of sp³-hybridized carbons (Fsp3) is 0.429. The molecule has 118 valence electrons. The number of carboxylic acid groups (broad SMARTS) is 1. The van der Waals surface area contributed by atoms with Crippen LogP contribution in [0.25, 0.3) is 10.2 Å². The summed E-state index contributed by atoms with van der Waals surface area (Å²) >= 11 is 1.46. The third-order valence-corrected chi connectivity index (χ3v) is 6.25. The maximum Gasteiger partial charge on any atom is 0.303 e. The predicted octanol–water partition coefficient (Wildman–Crippen LogP) is 2.14. The van der Waals surface area contributed by atoms with E-state index in [0.717, 1.165) is 15.2 Å². The number of carbonyl (C=O) groups is 1. The van der Waals surface area contributed by atoms with Crippen molar-refractivity contribution in [3.8, 4) is 0 Å². The number of aryl methyl sites for hydroxylation is 1. The molecule has 2 aromatic rings. The number of rotatable bonds is 5. The van der Waals surface area contributed by atoms with E-state index in [1.807, 2.05) is 6.92 Å². The quantitative estimate of drug-likeness (QED) is 0.869. The molecule has 0 spiro atoms. The highest BCUT2D eigenvalue weighted by molar-refractivity contribution is 7.89. The van der Waals surface area contributed by atoms with Crippen molar-refractivity contribution >= 4 is 37.5 Å². The van der Waals surface area contributed by atoms with Gasteiger partial charge >= 0.3 is 5.97 Å². The van der Waals surface area contributed by atoms with Crippen molar-refractivity contribution in [1.29, 1.82) is 0 Å². The number of benzene rings is 1. The first-order valence-corrected chi connectivity index (χ1v) is 9.25. The van der Waals surface area contributed by atoms with E-state index in [2.05, 4.69) is 9.71 Å². The number of hydrogen-bond acceptors (Lipinski definition) is 5. The zero-order valence-corrected chi connectivity index (χ0v) is 13.6. The standard InChI is InChI=1S/C14H16N2O4S2/c1-8-15-12-3-2-11(7-13(12)21-8)22(19,20)16-10-4-9(5-10)6-14(17)18/h2-3,7,9-10,16H,4-6H2,1H3,(H,17,18). The van der Waals surface area contributed by atoms with Gasteiger partial charge in [0.05, 0.1) is 20.1 Å². The van der Waals surface area contributed by atoms with Crippen LogP contribution in [0.3, 0.4) is 0 Å².